The van der Waals surface area contributed by atoms with Crippen molar-refractivity contribution in [1.29, 1.82) is 0 Å². The van der Waals surface area contributed by atoms with Crippen molar-refractivity contribution >= 4 is 17.4 Å². The summed E-state index contributed by atoms with van der Waals surface area (Å²) in [7, 11) is 1.88. The molecule has 24 heavy (non-hydrogen) atoms. The van der Waals surface area contributed by atoms with E-state index >= 15 is 0 Å². The zero-order valence-corrected chi connectivity index (χ0v) is 15.2. The van der Waals surface area contributed by atoms with E-state index in [1.807, 2.05) is 31.1 Å². The van der Waals surface area contributed by atoms with E-state index in [2.05, 4.69) is 28.8 Å². The molecule has 0 radical (unpaired) electrons. The molecular formula is C17H24N4O2S. The third kappa shape index (κ3) is 3.62. The number of aromatic nitrogens is 2. The molecule has 7 heteroatoms. The van der Waals surface area contributed by atoms with E-state index in [-0.39, 0.29) is 6.03 Å². The third-order valence-corrected chi connectivity index (χ3v) is 5.57. The highest BCUT2D eigenvalue weighted by molar-refractivity contribution is 7.10. The van der Waals surface area contributed by atoms with E-state index in [0.717, 1.165) is 5.56 Å². The van der Waals surface area contributed by atoms with Crippen molar-refractivity contribution in [3.63, 3.8) is 0 Å². The SMILES string of the molecule is CC(CNC(=O)N1CCOC(C)(c2cnn(C)c2)C1)c1cccs1. The lowest BCUT2D eigenvalue weighted by molar-refractivity contribution is -0.0906. The number of nitrogens with one attached hydrogen (secondary N) is 1. The van der Waals surface area contributed by atoms with Crippen LogP contribution in [0.25, 0.3) is 0 Å². The molecule has 1 aliphatic rings. The molecule has 0 aromatic carbocycles. The molecule has 130 valence electrons. The van der Waals surface area contributed by atoms with Crippen LogP contribution >= 0.6 is 11.3 Å². The second kappa shape index (κ2) is 6.94. The smallest absolute Gasteiger partial charge is 0.317 e. The number of morpholine rings is 1. The lowest BCUT2D eigenvalue weighted by Crippen LogP contribution is -2.53. The van der Waals surface area contributed by atoms with E-state index in [0.29, 0.717) is 32.2 Å². The van der Waals surface area contributed by atoms with Gasteiger partial charge in [0.1, 0.15) is 5.60 Å². The van der Waals surface area contributed by atoms with Crippen molar-refractivity contribution in [2.24, 2.45) is 7.05 Å². The Labute approximate surface area is 146 Å². The van der Waals surface area contributed by atoms with Crippen LogP contribution in [0.1, 0.15) is 30.2 Å². The number of hydrogen-bond donors (Lipinski definition) is 1. The third-order valence-electron chi connectivity index (χ3n) is 4.47. The van der Waals surface area contributed by atoms with Crippen molar-refractivity contribution in [2.75, 3.05) is 26.2 Å². The number of aryl methyl sites for hydroxylation is 1. The summed E-state index contributed by atoms with van der Waals surface area (Å²) in [5.74, 6) is 0.319. The molecule has 1 N–H and O–H groups in total. The maximum atomic E-state index is 12.5. The molecule has 0 saturated carbocycles. The molecule has 0 bridgehead atoms. The quantitative estimate of drug-likeness (QED) is 0.924. The van der Waals surface area contributed by atoms with E-state index < -0.39 is 5.60 Å². The summed E-state index contributed by atoms with van der Waals surface area (Å²) >= 11 is 1.72. The molecule has 2 unspecified atom stereocenters. The van der Waals surface area contributed by atoms with E-state index in [9.17, 15) is 4.79 Å². The number of amides is 2. The molecule has 2 atom stereocenters. The van der Waals surface area contributed by atoms with Gasteiger partial charge < -0.3 is 15.0 Å². The first-order valence-corrected chi connectivity index (χ1v) is 9.05. The number of nitrogens with zero attached hydrogens (tertiary/aromatic N) is 3. The van der Waals surface area contributed by atoms with Crippen LogP contribution in [0.4, 0.5) is 4.79 Å². The highest BCUT2D eigenvalue weighted by Crippen LogP contribution is 2.29. The highest BCUT2D eigenvalue weighted by atomic mass is 32.1. The van der Waals surface area contributed by atoms with Crippen molar-refractivity contribution < 1.29 is 9.53 Å². The summed E-state index contributed by atoms with van der Waals surface area (Å²) in [6.07, 6.45) is 3.75. The van der Waals surface area contributed by atoms with Gasteiger partial charge in [-0.3, -0.25) is 4.68 Å². The van der Waals surface area contributed by atoms with Crippen molar-refractivity contribution in [1.82, 2.24) is 20.0 Å². The molecule has 3 rings (SSSR count). The lowest BCUT2D eigenvalue weighted by atomic mass is 9.97. The summed E-state index contributed by atoms with van der Waals surface area (Å²) in [6, 6.07) is 4.12. The Kier molecular flexibility index (Phi) is 4.91. The number of ether oxygens (including phenoxy) is 1. The van der Waals surface area contributed by atoms with Crippen LogP contribution in [0.3, 0.4) is 0 Å². The number of carbonyl (C=O) groups is 1. The Morgan fingerprint density at radius 3 is 3.08 bits per heavy atom. The monoisotopic (exact) mass is 348 g/mol. The number of rotatable bonds is 4. The van der Waals surface area contributed by atoms with Gasteiger partial charge in [-0.15, -0.1) is 11.3 Å². The minimum absolute atomic E-state index is 0.0307. The van der Waals surface area contributed by atoms with Crippen LogP contribution in [0.5, 0.6) is 0 Å². The fourth-order valence-corrected chi connectivity index (χ4v) is 3.72. The first-order valence-electron chi connectivity index (χ1n) is 8.17. The van der Waals surface area contributed by atoms with Crippen LogP contribution in [0.15, 0.2) is 29.9 Å². The Morgan fingerprint density at radius 2 is 2.42 bits per heavy atom. The highest BCUT2D eigenvalue weighted by Gasteiger charge is 2.36. The maximum absolute atomic E-state index is 12.5. The second-order valence-electron chi connectivity index (χ2n) is 6.51. The van der Waals surface area contributed by atoms with Gasteiger partial charge in [0, 0.05) is 42.7 Å². The van der Waals surface area contributed by atoms with Crippen LogP contribution in [-0.4, -0.2) is 47.0 Å². The zero-order valence-electron chi connectivity index (χ0n) is 14.4. The summed E-state index contributed by atoms with van der Waals surface area (Å²) < 4.78 is 7.71. The number of urea groups is 1. The van der Waals surface area contributed by atoms with E-state index in [1.54, 1.807) is 22.2 Å². The lowest BCUT2D eigenvalue weighted by Gasteiger charge is -2.40. The Hall–Kier alpha value is -1.86. The van der Waals surface area contributed by atoms with Gasteiger partial charge in [-0.2, -0.15) is 5.10 Å². The molecule has 2 aromatic heterocycles. The van der Waals surface area contributed by atoms with E-state index in [1.165, 1.54) is 4.88 Å². The fraction of sp³-hybridized carbons (Fsp3) is 0.529. The summed E-state index contributed by atoms with van der Waals surface area (Å²) in [6.45, 7) is 6.44. The predicted octanol–water partition coefficient (Wildman–Crippen LogP) is 2.54. The minimum atomic E-state index is -0.511. The number of thiophene rings is 1. The molecule has 1 aliphatic heterocycles. The predicted molar refractivity (Wildman–Crippen MR) is 94.2 cm³/mol. The summed E-state index contributed by atoms with van der Waals surface area (Å²) in [5, 5.41) is 9.33. The van der Waals surface area contributed by atoms with Gasteiger partial charge >= 0.3 is 6.03 Å². The standard InChI is InChI=1S/C17H24N4O2S/c1-13(15-5-4-8-24-15)9-18-16(22)21-6-7-23-17(2,12-21)14-10-19-20(3)11-14/h4-5,8,10-11,13H,6-7,9,12H2,1-3H3,(H,18,22). The minimum Gasteiger partial charge on any atom is -0.367 e. The Bertz CT molecular complexity index is 685. The first kappa shape index (κ1) is 17.0. The molecule has 1 fully saturated rings. The number of carbonyl (C=O) groups excluding carboxylic acids is 1. The van der Waals surface area contributed by atoms with Crippen LogP contribution in [0.2, 0.25) is 0 Å². The Morgan fingerprint density at radius 1 is 1.58 bits per heavy atom. The molecule has 6 nitrogen and oxygen atoms in total. The van der Waals surface area contributed by atoms with Crippen molar-refractivity contribution in [3.05, 3.63) is 40.3 Å². The average molecular weight is 348 g/mol. The van der Waals surface area contributed by atoms with E-state index in [4.69, 9.17) is 4.74 Å². The van der Waals surface area contributed by atoms with Gasteiger partial charge in [-0.1, -0.05) is 13.0 Å². The van der Waals surface area contributed by atoms with Gasteiger partial charge in [-0.05, 0) is 18.4 Å². The number of hydrogen-bond acceptors (Lipinski definition) is 4. The molecule has 2 amide bonds. The zero-order chi connectivity index (χ0) is 17.2. The Balaban J connectivity index is 1.59. The van der Waals surface area contributed by atoms with Crippen LogP contribution in [-0.2, 0) is 17.4 Å². The fourth-order valence-electron chi connectivity index (χ4n) is 2.94. The molecule has 0 aliphatic carbocycles. The van der Waals surface area contributed by atoms with Gasteiger partial charge in [-0.25, -0.2) is 4.79 Å². The molecule has 0 spiro atoms. The largest absolute Gasteiger partial charge is 0.367 e. The molecule has 1 saturated heterocycles. The van der Waals surface area contributed by atoms with Crippen LogP contribution in [0, 0.1) is 0 Å². The van der Waals surface area contributed by atoms with Gasteiger partial charge in [0.25, 0.3) is 0 Å². The van der Waals surface area contributed by atoms with Gasteiger partial charge in [0.2, 0.25) is 0 Å². The maximum Gasteiger partial charge on any atom is 0.317 e. The molecule has 3 heterocycles. The topological polar surface area (TPSA) is 59.4 Å². The normalized spacial score (nSPS) is 22.4. The molecular weight excluding hydrogens is 324 g/mol. The van der Waals surface area contributed by atoms with Gasteiger partial charge in [0.15, 0.2) is 0 Å². The van der Waals surface area contributed by atoms with Gasteiger partial charge in [0.05, 0.1) is 19.3 Å². The van der Waals surface area contributed by atoms with Crippen molar-refractivity contribution in [2.45, 2.75) is 25.4 Å². The van der Waals surface area contributed by atoms with Crippen LogP contribution < -0.4 is 5.32 Å². The first-order chi connectivity index (χ1) is 11.5. The van der Waals surface area contributed by atoms with Crippen molar-refractivity contribution in [3.8, 4) is 0 Å². The average Bonchev–Trinajstić information content (AvgIpc) is 3.24. The second-order valence-corrected chi connectivity index (χ2v) is 7.49. The summed E-state index contributed by atoms with van der Waals surface area (Å²) in [5.41, 5.74) is 0.484. The molecule has 2 aromatic rings. The summed E-state index contributed by atoms with van der Waals surface area (Å²) in [4.78, 5) is 15.7.